The minimum atomic E-state index is -5.39. The van der Waals surface area contributed by atoms with Crippen LogP contribution in [0.3, 0.4) is 0 Å². The summed E-state index contributed by atoms with van der Waals surface area (Å²) >= 11 is 11.8. The molecule has 0 spiro atoms. The fourth-order valence-corrected chi connectivity index (χ4v) is 4.08. The Balaban J connectivity index is 2.16. The summed E-state index contributed by atoms with van der Waals surface area (Å²) in [7, 11) is 0.881. The highest BCUT2D eigenvalue weighted by molar-refractivity contribution is 6.36. The monoisotopic (exact) mass is 500 g/mol. The largest absolute Gasteiger partial charge is 0.466 e. The Morgan fingerprint density at radius 1 is 1.12 bits per heavy atom. The Labute approximate surface area is 196 Å². The molecule has 1 N–H and O–H groups in total. The summed E-state index contributed by atoms with van der Waals surface area (Å²) in [6.45, 7) is 0.920. The van der Waals surface area contributed by atoms with Gasteiger partial charge in [-0.2, -0.15) is 13.2 Å². The lowest BCUT2D eigenvalue weighted by molar-refractivity contribution is -0.192. The van der Waals surface area contributed by atoms with E-state index in [4.69, 9.17) is 23.2 Å². The van der Waals surface area contributed by atoms with Gasteiger partial charge in [-0.1, -0.05) is 53.5 Å². The van der Waals surface area contributed by atoms with Gasteiger partial charge in [0.25, 0.3) is 17.4 Å². The number of rotatable bonds is 5. The third kappa shape index (κ3) is 4.30. The zero-order valence-electron chi connectivity index (χ0n) is 17.3. The normalized spacial score (nSPS) is 18.5. The molecule has 174 valence electrons. The number of halogens is 5. The van der Waals surface area contributed by atoms with Gasteiger partial charge in [0.05, 0.1) is 24.2 Å². The quantitative estimate of drug-likeness (QED) is 0.612. The third-order valence-electron chi connectivity index (χ3n) is 5.18. The number of esters is 1. The Hall–Kier alpha value is -3.04. The van der Waals surface area contributed by atoms with Gasteiger partial charge < -0.3 is 15.0 Å². The second-order valence-electron chi connectivity index (χ2n) is 7.15. The summed E-state index contributed by atoms with van der Waals surface area (Å²) in [4.78, 5) is 39.5. The van der Waals surface area contributed by atoms with Gasteiger partial charge in [0, 0.05) is 10.7 Å². The maximum absolute atomic E-state index is 14.6. The first-order chi connectivity index (χ1) is 15.4. The molecular formula is C22H17Cl2F3N2O4. The fraction of sp³-hybridized carbons (Fsp3) is 0.227. The zero-order valence-corrected chi connectivity index (χ0v) is 18.8. The van der Waals surface area contributed by atoms with Crippen LogP contribution in [-0.4, -0.2) is 41.5 Å². The van der Waals surface area contributed by atoms with E-state index in [0.717, 1.165) is 18.1 Å². The van der Waals surface area contributed by atoms with Crippen molar-refractivity contribution < 1.29 is 32.3 Å². The first-order valence-electron chi connectivity index (χ1n) is 9.44. The number of methoxy groups -OCH3 is 1. The predicted octanol–water partition coefficient (Wildman–Crippen LogP) is 4.51. The van der Waals surface area contributed by atoms with Crippen molar-refractivity contribution in [2.45, 2.75) is 25.2 Å². The number of nitrogens with zero attached hydrogens (tertiary/aromatic N) is 1. The molecular weight excluding hydrogens is 484 g/mol. The number of hydrogen-bond donors (Lipinski definition) is 1. The van der Waals surface area contributed by atoms with Crippen molar-refractivity contribution in [2.24, 2.45) is 0 Å². The van der Waals surface area contributed by atoms with Crippen LogP contribution in [0.5, 0.6) is 0 Å². The summed E-state index contributed by atoms with van der Waals surface area (Å²) in [5.41, 5.74) is -4.85. The van der Waals surface area contributed by atoms with Gasteiger partial charge in [-0.05, 0) is 30.7 Å². The van der Waals surface area contributed by atoms with Gasteiger partial charge in [-0.3, -0.25) is 9.59 Å². The van der Waals surface area contributed by atoms with Gasteiger partial charge >= 0.3 is 12.1 Å². The number of benzene rings is 2. The van der Waals surface area contributed by atoms with Crippen LogP contribution in [0, 0.1) is 0 Å². The molecule has 2 aromatic carbocycles. The van der Waals surface area contributed by atoms with E-state index in [0.29, 0.717) is 5.56 Å². The van der Waals surface area contributed by atoms with E-state index in [1.807, 2.05) is 0 Å². The average Bonchev–Trinajstić information content (AvgIpc) is 2.95. The SMILES string of the molecule is COC(=O)C1=C(C)N(Cc2ccccc2)C(=O)C1(NC(=O)c1ccc(Cl)cc1Cl)C(F)(F)F. The topological polar surface area (TPSA) is 75.7 Å². The van der Waals surface area contributed by atoms with Crippen LogP contribution in [0.25, 0.3) is 0 Å². The molecule has 0 saturated carbocycles. The van der Waals surface area contributed by atoms with Crippen molar-refractivity contribution in [1.82, 2.24) is 10.2 Å². The molecule has 0 aliphatic carbocycles. The molecule has 11 heteroatoms. The van der Waals surface area contributed by atoms with Crippen LogP contribution in [0.1, 0.15) is 22.8 Å². The molecule has 2 aromatic rings. The lowest BCUT2D eigenvalue weighted by Crippen LogP contribution is -2.66. The number of carbonyl (C=O) groups excluding carboxylic acids is 3. The van der Waals surface area contributed by atoms with Crippen LogP contribution in [0.4, 0.5) is 13.2 Å². The van der Waals surface area contributed by atoms with Gasteiger partial charge in [0.1, 0.15) is 5.57 Å². The van der Waals surface area contributed by atoms with E-state index in [1.54, 1.807) is 35.6 Å². The summed E-state index contributed by atoms with van der Waals surface area (Å²) in [5.74, 6) is -4.27. The van der Waals surface area contributed by atoms with Gasteiger partial charge in [-0.15, -0.1) is 0 Å². The zero-order chi connectivity index (χ0) is 24.6. The summed E-state index contributed by atoms with van der Waals surface area (Å²) in [6, 6.07) is 11.8. The highest BCUT2D eigenvalue weighted by Gasteiger charge is 2.71. The van der Waals surface area contributed by atoms with Crippen molar-refractivity contribution in [3.05, 3.63) is 81.0 Å². The summed E-state index contributed by atoms with van der Waals surface area (Å²) < 4.78 is 48.3. The summed E-state index contributed by atoms with van der Waals surface area (Å²) in [5, 5.41) is 1.65. The number of alkyl halides is 3. The number of ether oxygens (including phenoxy) is 1. The molecule has 1 aliphatic heterocycles. The summed E-state index contributed by atoms with van der Waals surface area (Å²) in [6.07, 6.45) is -5.39. The number of nitrogens with one attached hydrogen (secondary N) is 1. The van der Waals surface area contributed by atoms with Crippen LogP contribution in [-0.2, 0) is 20.9 Å². The van der Waals surface area contributed by atoms with E-state index in [-0.39, 0.29) is 27.9 Å². The molecule has 1 heterocycles. The standard InChI is InChI=1S/C22H17Cl2F3N2O4/c1-12-17(19(31)33-2)21(22(25,26)27,20(32)29(12)11-13-6-4-3-5-7-13)28-18(30)15-9-8-14(23)10-16(15)24/h3-10H,11H2,1-2H3,(H,28,30). The third-order valence-corrected chi connectivity index (χ3v) is 5.73. The molecule has 2 amide bonds. The van der Waals surface area contributed by atoms with E-state index in [2.05, 4.69) is 4.74 Å². The van der Waals surface area contributed by atoms with Crippen LogP contribution in [0.2, 0.25) is 10.0 Å². The lowest BCUT2D eigenvalue weighted by Gasteiger charge is -2.33. The molecule has 0 aromatic heterocycles. The van der Waals surface area contributed by atoms with Crippen molar-refractivity contribution in [2.75, 3.05) is 7.11 Å². The Morgan fingerprint density at radius 2 is 1.76 bits per heavy atom. The molecule has 0 saturated heterocycles. The maximum atomic E-state index is 14.6. The van der Waals surface area contributed by atoms with Crippen LogP contribution < -0.4 is 5.32 Å². The highest BCUT2D eigenvalue weighted by Crippen LogP contribution is 2.45. The fourth-order valence-electron chi connectivity index (χ4n) is 3.59. The van der Waals surface area contributed by atoms with Crippen LogP contribution >= 0.6 is 23.2 Å². The van der Waals surface area contributed by atoms with Crippen molar-refractivity contribution in [3.63, 3.8) is 0 Å². The molecule has 1 aliphatic rings. The molecule has 3 rings (SSSR count). The van der Waals surface area contributed by atoms with Crippen molar-refractivity contribution in [1.29, 1.82) is 0 Å². The molecule has 0 bridgehead atoms. The molecule has 1 unspecified atom stereocenters. The molecule has 0 fully saturated rings. The van der Waals surface area contributed by atoms with Gasteiger partial charge in [0.15, 0.2) is 0 Å². The Bertz CT molecular complexity index is 1150. The number of carbonyl (C=O) groups is 3. The Morgan fingerprint density at radius 3 is 2.30 bits per heavy atom. The first-order valence-corrected chi connectivity index (χ1v) is 10.2. The number of allylic oxidation sites excluding steroid dienone is 1. The number of amides is 2. The van der Waals surface area contributed by atoms with E-state index >= 15 is 0 Å². The second kappa shape index (κ2) is 9.07. The van der Waals surface area contributed by atoms with Crippen molar-refractivity contribution >= 4 is 41.0 Å². The Kier molecular flexibility index (Phi) is 6.76. The van der Waals surface area contributed by atoms with Crippen molar-refractivity contribution in [3.8, 4) is 0 Å². The minimum Gasteiger partial charge on any atom is -0.466 e. The smallest absolute Gasteiger partial charge is 0.425 e. The lowest BCUT2D eigenvalue weighted by atomic mass is 9.88. The number of hydrogen-bond acceptors (Lipinski definition) is 4. The maximum Gasteiger partial charge on any atom is 0.425 e. The van der Waals surface area contributed by atoms with Gasteiger partial charge in [-0.25, -0.2) is 4.79 Å². The van der Waals surface area contributed by atoms with Crippen LogP contribution in [0.15, 0.2) is 59.8 Å². The highest BCUT2D eigenvalue weighted by atomic mass is 35.5. The first kappa shape index (κ1) is 24.6. The molecule has 33 heavy (non-hydrogen) atoms. The second-order valence-corrected chi connectivity index (χ2v) is 8.00. The molecule has 0 radical (unpaired) electrons. The average molecular weight is 501 g/mol. The van der Waals surface area contributed by atoms with E-state index in [1.165, 1.54) is 19.1 Å². The van der Waals surface area contributed by atoms with Gasteiger partial charge in [0.2, 0.25) is 0 Å². The molecule has 6 nitrogen and oxygen atoms in total. The van der Waals surface area contributed by atoms with E-state index in [9.17, 15) is 27.6 Å². The van der Waals surface area contributed by atoms with E-state index < -0.39 is 35.1 Å². The molecule has 1 atom stereocenters. The minimum absolute atomic E-state index is 0.152. The predicted molar refractivity (Wildman–Crippen MR) is 114 cm³/mol.